The molecule has 0 aromatic heterocycles. The molecule has 1 nitrogen and oxygen atoms in total. The maximum absolute atomic E-state index is 5.23. The summed E-state index contributed by atoms with van der Waals surface area (Å²) in [5.74, 6) is 0.640. The summed E-state index contributed by atoms with van der Waals surface area (Å²) in [7, 11) is 0. The number of hydrogen-bond acceptors (Lipinski definition) is 1. The predicted molar refractivity (Wildman–Crippen MR) is 53.9 cm³/mol. The van der Waals surface area contributed by atoms with Crippen molar-refractivity contribution in [3.05, 3.63) is 48.8 Å². The molecule has 0 amide bonds. The molecule has 0 spiro atoms. The van der Waals surface area contributed by atoms with Gasteiger partial charge < -0.3 is 4.74 Å². The maximum atomic E-state index is 5.23. The molecule has 66 valence electrons. The average Bonchev–Trinajstić information content (AvgIpc) is 1.96. The van der Waals surface area contributed by atoms with Crippen molar-refractivity contribution in [1.29, 1.82) is 0 Å². The third-order valence-corrected chi connectivity index (χ3v) is 1.06. The Bertz CT molecular complexity index is 221. The molecule has 0 saturated carbocycles. The van der Waals surface area contributed by atoms with E-state index in [1.54, 1.807) is 6.08 Å². The first-order valence-corrected chi connectivity index (χ1v) is 3.82. The van der Waals surface area contributed by atoms with Crippen LogP contribution in [-0.2, 0) is 4.74 Å². The van der Waals surface area contributed by atoms with Crippen LogP contribution in [0.1, 0.15) is 13.8 Å². The van der Waals surface area contributed by atoms with Gasteiger partial charge in [0.25, 0.3) is 0 Å². The van der Waals surface area contributed by atoms with E-state index in [0.717, 1.165) is 11.1 Å². The Morgan fingerprint density at radius 2 is 1.75 bits per heavy atom. The van der Waals surface area contributed by atoms with Crippen LogP contribution in [0.5, 0.6) is 0 Å². The van der Waals surface area contributed by atoms with Gasteiger partial charge >= 0.3 is 0 Å². The lowest BCUT2D eigenvalue weighted by Crippen LogP contribution is -1.91. The maximum Gasteiger partial charge on any atom is 0.112 e. The Labute approximate surface area is 74.7 Å². The quantitative estimate of drug-likeness (QED) is 0.344. The molecule has 1 heteroatoms. The van der Waals surface area contributed by atoms with E-state index in [9.17, 15) is 0 Å². The molecule has 0 aliphatic heterocycles. The highest BCUT2D eigenvalue weighted by Crippen LogP contribution is 2.01. The fraction of sp³-hybridized carbons (Fsp3) is 0.273. The van der Waals surface area contributed by atoms with E-state index in [1.807, 2.05) is 19.9 Å². The van der Waals surface area contributed by atoms with Crippen LogP contribution < -0.4 is 0 Å². The minimum atomic E-state index is 0.527. The molecule has 12 heavy (non-hydrogen) atoms. The highest BCUT2D eigenvalue weighted by atomic mass is 16.5. The number of hydrogen-bond donors (Lipinski definition) is 0. The standard InChI is InChI=1S/C11H16O/c1-9(2)6-7-11(5)12-8-10(3)4/h6-7H,1,3,5,8H2,2,4H3/b7-6-. The molecule has 0 aromatic carbocycles. The van der Waals surface area contributed by atoms with E-state index in [4.69, 9.17) is 4.74 Å². The lowest BCUT2D eigenvalue weighted by Gasteiger charge is -2.03. The highest BCUT2D eigenvalue weighted by Gasteiger charge is 1.88. The van der Waals surface area contributed by atoms with Crippen molar-refractivity contribution in [2.75, 3.05) is 6.61 Å². The summed E-state index contributed by atoms with van der Waals surface area (Å²) >= 11 is 0. The largest absolute Gasteiger partial charge is 0.490 e. The van der Waals surface area contributed by atoms with Gasteiger partial charge in [-0.25, -0.2) is 0 Å². The third kappa shape index (κ3) is 6.87. The second kappa shape index (κ2) is 5.42. The van der Waals surface area contributed by atoms with Crippen LogP contribution in [0.4, 0.5) is 0 Å². The summed E-state index contributed by atoms with van der Waals surface area (Å²) in [6, 6.07) is 0. The van der Waals surface area contributed by atoms with Crippen molar-refractivity contribution in [3.63, 3.8) is 0 Å². The van der Waals surface area contributed by atoms with Gasteiger partial charge in [-0.3, -0.25) is 0 Å². The number of rotatable bonds is 5. The summed E-state index contributed by atoms with van der Waals surface area (Å²) < 4.78 is 5.23. The zero-order valence-corrected chi connectivity index (χ0v) is 7.89. The van der Waals surface area contributed by atoms with E-state index < -0.39 is 0 Å². The molecule has 0 aliphatic rings. The van der Waals surface area contributed by atoms with Crippen molar-refractivity contribution in [2.24, 2.45) is 0 Å². The monoisotopic (exact) mass is 164 g/mol. The molecular formula is C11H16O. The fourth-order valence-electron chi connectivity index (χ4n) is 0.499. The minimum absolute atomic E-state index is 0.527. The second-order valence-electron chi connectivity index (χ2n) is 2.89. The summed E-state index contributed by atoms with van der Waals surface area (Å²) in [4.78, 5) is 0. The fourth-order valence-corrected chi connectivity index (χ4v) is 0.499. The zero-order valence-electron chi connectivity index (χ0n) is 7.89. The van der Waals surface area contributed by atoms with Crippen LogP contribution in [0.2, 0.25) is 0 Å². The van der Waals surface area contributed by atoms with Crippen molar-refractivity contribution >= 4 is 0 Å². The minimum Gasteiger partial charge on any atom is -0.490 e. The Balaban J connectivity index is 3.75. The van der Waals surface area contributed by atoms with Gasteiger partial charge in [0, 0.05) is 0 Å². The molecule has 0 rings (SSSR count). The molecular weight excluding hydrogens is 148 g/mol. The molecule has 0 aromatic rings. The van der Waals surface area contributed by atoms with Crippen LogP contribution in [-0.4, -0.2) is 6.61 Å². The lowest BCUT2D eigenvalue weighted by atomic mass is 10.3. The van der Waals surface area contributed by atoms with E-state index in [1.165, 1.54) is 0 Å². The van der Waals surface area contributed by atoms with Crippen molar-refractivity contribution in [2.45, 2.75) is 13.8 Å². The summed E-state index contributed by atoms with van der Waals surface area (Å²) in [5, 5.41) is 0. The van der Waals surface area contributed by atoms with Gasteiger partial charge in [0.15, 0.2) is 0 Å². The first-order valence-electron chi connectivity index (χ1n) is 3.82. The highest BCUT2D eigenvalue weighted by molar-refractivity contribution is 5.19. The first-order chi connectivity index (χ1) is 5.52. The molecule has 0 N–H and O–H groups in total. The SMILES string of the molecule is C=C(C)/C=C\C(=C)OCC(=C)C. The van der Waals surface area contributed by atoms with Crippen molar-refractivity contribution < 1.29 is 4.74 Å². The molecule has 0 heterocycles. The second-order valence-corrected chi connectivity index (χ2v) is 2.89. The van der Waals surface area contributed by atoms with Crippen LogP contribution >= 0.6 is 0 Å². The van der Waals surface area contributed by atoms with Crippen molar-refractivity contribution in [1.82, 2.24) is 0 Å². The lowest BCUT2D eigenvalue weighted by molar-refractivity contribution is 0.255. The van der Waals surface area contributed by atoms with Gasteiger partial charge in [-0.1, -0.05) is 31.4 Å². The number of allylic oxidation sites excluding steroid dienone is 3. The van der Waals surface area contributed by atoms with E-state index in [2.05, 4.69) is 19.7 Å². The van der Waals surface area contributed by atoms with Gasteiger partial charge in [-0.05, 0) is 25.5 Å². The molecule has 0 atom stereocenters. The topological polar surface area (TPSA) is 9.23 Å². The van der Waals surface area contributed by atoms with Gasteiger partial charge in [-0.15, -0.1) is 0 Å². The molecule has 0 radical (unpaired) electrons. The zero-order chi connectivity index (χ0) is 9.56. The van der Waals surface area contributed by atoms with E-state index in [0.29, 0.717) is 12.4 Å². The van der Waals surface area contributed by atoms with Crippen LogP contribution in [0, 0.1) is 0 Å². The predicted octanol–water partition coefficient (Wildman–Crippen LogP) is 3.23. The van der Waals surface area contributed by atoms with Gasteiger partial charge in [-0.2, -0.15) is 0 Å². The Morgan fingerprint density at radius 3 is 2.17 bits per heavy atom. The first kappa shape index (κ1) is 10.8. The van der Waals surface area contributed by atoms with Crippen LogP contribution in [0.3, 0.4) is 0 Å². The third-order valence-electron chi connectivity index (χ3n) is 1.06. The van der Waals surface area contributed by atoms with Gasteiger partial charge in [0.05, 0.1) is 0 Å². The summed E-state index contributed by atoms with van der Waals surface area (Å²) in [6.07, 6.45) is 3.66. The van der Waals surface area contributed by atoms with Crippen molar-refractivity contribution in [3.8, 4) is 0 Å². The normalized spacial score (nSPS) is 9.83. The average molecular weight is 164 g/mol. The van der Waals surface area contributed by atoms with E-state index >= 15 is 0 Å². The number of ether oxygens (including phenoxy) is 1. The molecule has 0 unspecified atom stereocenters. The Morgan fingerprint density at radius 1 is 1.17 bits per heavy atom. The van der Waals surface area contributed by atoms with E-state index in [-0.39, 0.29) is 0 Å². The van der Waals surface area contributed by atoms with Gasteiger partial charge in [0.1, 0.15) is 12.4 Å². The summed E-state index contributed by atoms with van der Waals surface area (Å²) in [5.41, 5.74) is 1.97. The summed E-state index contributed by atoms with van der Waals surface area (Å²) in [6.45, 7) is 15.5. The Kier molecular flexibility index (Phi) is 4.86. The Hall–Kier alpha value is -1.24. The van der Waals surface area contributed by atoms with Crippen LogP contribution in [0.25, 0.3) is 0 Å². The van der Waals surface area contributed by atoms with Crippen LogP contribution in [0.15, 0.2) is 48.8 Å². The molecule has 0 bridgehead atoms. The van der Waals surface area contributed by atoms with Gasteiger partial charge in [0.2, 0.25) is 0 Å². The molecule has 0 aliphatic carbocycles. The molecule has 0 saturated heterocycles. The molecule has 0 fully saturated rings. The smallest absolute Gasteiger partial charge is 0.112 e.